The lowest BCUT2D eigenvalue weighted by molar-refractivity contribution is -0.135. The lowest BCUT2D eigenvalue weighted by Gasteiger charge is -2.34. The van der Waals surface area contributed by atoms with Crippen LogP contribution in [0.3, 0.4) is 0 Å². The highest BCUT2D eigenvalue weighted by Crippen LogP contribution is 2.10. The molecule has 0 aliphatic carbocycles. The molecule has 1 heterocycles. The van der Waals surface area contributed by atoms with Gasteiger partial charge in [-0.05, 0) is 13.0 Å². The van der Waals surface area contributed by atoms with Gasteiger partial charge in [-0.15, -0.1) is 0 Å². The number of carbonyl (C=O) groups is 1. The summed E-state index contributed by atoms with van der Waals surface area (Å²) in [4.78, 5) is 16.1. The summed E-state index contributed by atoms with van der Waals surface area (Å²) in [6, 6.07) is -0.321. The number of amides is 1. The Morgan fingerprint density at radius 2 is 1.87 bits per heavy atom. The van der Waals surface area contributed by atoms with E-state index in [1.165, 1.54) is 0 Å². The van der Waals surface area contributed by atoms with E-state index in [0.29, 0.717) is 0 Å². The average molecular weight is 213 g/mol. The largest absolute Gasteiger partial charge is 0.339 e. The fourth-order valence-electron chi connectivity index (χ4n) is 1.73. The summed E-state index contributed by atoms with van der Waals surface area (Å²) in [6.07, 6.45) is 0.959. The van der Waals surface area contributed by atoms with Crippen LogP contribution in [-0.4, -0.2) is 55.0 Å². The zero-order chi connectivity index (χ0) is 11.4. The third-order valence-corrected chi connectivity index (χ3v) is 3.36. The zero-order valence-corrected chi connectivity index (χ0v) is 10.1. The van der Waals surface area contributed by atoms with Gasteiger partial charge in [0, 0.05) is 26.2 Å². The minimum absolute atomic E-state index is 0.123. The molecular weight excluding hydrogens is 190 g/mol. The first-order valence-corrected chi connectivity index (χ1v) is 5.79. The first-order chi connectivity index (χ1) is 7.06. The number of piperazine rings is 1. The van der Waals surface area contributed by atoms with Gasteiger partial charge >= 0.3 is 0 Å². The van der Waals surface area contributed by atoms with Crippen LogP contribution in [-0.2, 0) is 4.79 Å². The van der Waals surface area contributed by atoms with Crippen molar-refractivity contribution in [3.8, 4) is 0 Å². The first kappa shape index (κ1) is 12.5. The van der Waals surface area contributed by atoms with Crippen molar-refractivity contribution in [3.63, 3.8) is 0 Å². The second-order valence-corrected chi connectivity index (χ2v) is 4.54. The molecule has 0 aromatic heterocycles. The number of hydrogen-bond donors (Lipinski definition) is 1. The van der Waals surface area contributed by atoms with Gasteiger partial charge in [-0.1, -0.05) is 20.3 Å². The second kappa shape index (κ2) is 5.47. The molecule has 1 rings (SSSR count). The predicted octanol–water partition coefficient (Wildman–Crippen LogP) is 0.134. The molecule has 1 fully saturated rings. The van der Waals surface area contributed by atoms with Crippen LogP contribution in [0.15, 0.2) is 0 Å². The monoisotopic (exact) mass is 213 g/mol. The Morgan fingerprint density at radius 1 is 1.33 bits per heavy atom. The smallest absolute Gasteiger partial charge is 0.239 e. The summed E-state index contributed by atoms with van der Waals surface area (Å²) in [5, 5.41) is 0. The molecule has 0 aromatic rings. The van der Waals surface area contributed by atoms with Gasteiger partial charge in [0.05, 0.1) is 6.04 Å². The molecule has 2 N–H and O–H groups in total. The average Bonchev–Trinajstić information content (AvgIpc) is 2.27. The molecule has 1 aliphatic rings. The van der Waals surface area contributed by atoms with Gasteiger partial charge in [0.25, 0.3) is 0 Å². The number of carbonyl (C=O) groups excluding carboxylic acids is 1. The fraction of sp³-hybridized carbons (Fsp3) is 0.909. The van der Waals surface area contributed by atoms with E-state index in [0.717, 1.165) is 32.6 Å². The van der Waals surface area contributed by atoms with Gasteiger partial charge in [-0.2, -0.15) is 0 Å². The molecule has 1 saturated heterocycles. The van der Waals surface area contributed by atoms with E-state index in [2.05, 4.69) is 18.9 Å². The van der Waals surface area contributed by atoms with Crippen molar-refractivity contribution < 1.29 is 4.79 Å². The molecule has 1 amide bonds. The molecule has 0 radical (unpaired) electrons. The molecule has 0 saturated carbocycles. The van der Waals surface area contributed by atoms with Crippen LogP contribution in [0.1, 0.15) is 20.3 Å². The van der Waals surface area contributed by atoms with E-state index in [1.807, 2.05) is 11.8 Å². The van der Waals surface area contributed by atoms with Gasteiger partial charge in [0.1, 0.15) is 0 Å². The predicted molar refractivity (Wildman–Crippen MR) is 61.5 cm³/mol. The van der Waals surface area contributed by atoms with Gasteiger partial charge in [0.2, 0.25) is 5.91 Å². The van der Waals surface area contributed by atoms with Crippen LogP contribution in [0, 0.1) is 5.92 Å². The van der Waals surface area contributed by atoms with E-state index >= 15 is 0 Å². The van der Waals surface area contributed by atoms with E-state index in [9.17, 15) is 4.79 Å². The quantitative estimate of drug-likeness (QED) is 0.725. The lowest BCUT2D eigenvalue weighted by Crippen LogP contribution is -2.53. The second-order valence-electron chi connectivity index (χ2n) is 4.54. The highest BCUT2D eigenvalue weighted by Gasteiger charge is 2.26. The van der Waals surface area contributed by atoms with Gasteiger partial charge in [-0.3, -0.25) is 4.79 Å². The summed E-state index contributed by atoms with van der Waals surface area (Å²) < 4.78 is 0. The summed E-state index contributed by atoms with van der Waals surface area (Å²) in [6.45, 7) is 7.66. The van der Waals surface area contributed by atoms with Crippen LogP contribution in [0.25, 0.3) is 0 Å². The molecule has 0 unspecified atom stereocenters. The van der Waals surface area contributed by atoms with E-state index < -0.39 is 0 Å². The van der Waals surface area contributed by atoms with Gasteiger partial charge in [0.15, 0.2) is 0 Å². The highest BCUT2D eigenvalue weighted by atomic mass is 16.2. The molecular formula is C11H23N3O. The van der Waals surface area contributed by atoms with Crippen molar-refractivity contribution >= 4 is 5.91 Å². The Hall–Kier alpha value is -0.610. The van der Waals surface area contributed by atoms with Crippen molar-refractivity contribution in [2.45, 2.75) is 26.3 Å². The molecule has 1 aliphatic heterocycles. The van der Waals surface area contributed by atoms with Crippen molar-refractivity contribution in [1.82, 2.24) is 9.80 Å². The fourth-order valence-corrected chi connectivity index (χ4v) is 1.73. The molecule has 88 valence electrons. The van der Waals surface area contributed by atoms with Crippen LogP contribution >= 0.6 is 0 Å². The number of nitrogens with zero attached hydrogens (tertiary/aromatic N) is 2. The topological polar surface area (TPSA) is 49.6 Å². The SMILES string of the molecule is CC[C@@H](C)[C@H](N)C(=O)N1CCN(C)CC1. The Labute approximate surface area is 92.4 Å². The lowest BCUT2D eigenvalue weighted by atomic mass is 9.98. The van der Waals surface area contributed by atoms with E-state index in [4.69, 9.17) is 5.73 Å². The maximum Gasteiger partial charge on any atom is 0.239 e. The van der Waals surface area contributed by atoms with Crippen molar-refractivity contribution in [2.24, 2.45) is 11.7 Å². The van der Waals surface area contributed by atoms with Gasteiger partial charge in [-0.25, -0.2) is 0 Å². The van der Waals surface area contributed by atoms with Crippen LogP contribution < -0.4 is 5.73 Å². The first-order valence-electron chi connectivity index (χ1n) is 5.79. The molecule has 0 spiro atoms. The van der Waals surface area contributed by atoms with Crippen LogP contribution in [0.4, 0.5) is 0 Å². The number of likely N-dealkylation sites (N-methyl/N-ethyl adjacent to an activating group) is 1. The highest BCUT2D eigenvalue weighted by molar-refractivity contribution is 5.82. The van der Waals surface area contributed by atoms with Crippen molar-refractivity contribution in [2.75, 3.05) is 33.2 Å². The molecule has 0 bridgehead atoms. The molecule has 15 heavy (non-hydrogen) atoms. The normalized spacial score (nSPS) is 22.5. The summed E-state index contributed by atoms with van der Waals surface area (Å²) in [5.41, 5.74) is 5.93. The number of hydrogen-bond acceptors (Lipinski definition) is 3. The number of rotatable bonds is 3. The standard InChI is InChI=1S/C11H23N3O/c1-4-9(2)10(12)11(15)14-7-5-13(3)6-8-14/h9-10H,4-8,12H2,1-3H3/t9-,10+/m1/s1. The Balaban J connectivity index is 2.46. The van der Waals surface area contributed by atoms with Crippen molar-refractivity contribution in [3.05, 3.63) is 0 Å². The van der Waals surface area contributed by atoms with Crippen LogP contribution in [0.2, 0.25) is 0 Å². The minimum Gasteiger partial charge on any atom is -0.339 e. The van der Waals surface area contributed by atoms with Gasteiger partial charge < -0.3 is 15.5 Å². The molecule has 4 heteroatoms. The summed E-state index contributed by atoms with van der Waals surface area (Å²) in [7, 11) is 2.08. The Bertz CT molecular complexity index is 212. The third kappa shape index (κ3) is 3.18. The minimum atomic E-state index is -0.321. The van der Waals surface area contributed by atoms with E-state index in [-0.39, 0.29) is 17.9 Å². The Morgan fingerprint density at radius 3 is 2.33 bits per heavy atom. The van der Waals surface area contributed by atoms with Crippen molar-refractivity contribution in [1.29, 1.82) is 0 Å². The molecule has 0 aromatic carbocycles. The molecule has 2 atom stereocenters. The summed E-state index contributed by atoms with van der Waals surface area (Å²) in [5.74, 6) is 0.398. The summed E-state index contributed by atoms with van der Waals surface area (Å²) >= 11 is 0. The Kier molecular flexibility index (Phi) is 4.54. The maximum absolute atomic E-state index is 12.0. The zero-order valence-electron chi connectivity index (χ0n) is 10.1. The van der Waals surface area contributed by atoms with Crippen LogP contribution in [0.5, 0.6) is 0 Å². The molecule has 4 nitrogen and oxygen atoms in total. The third-order valence-electron chi connectivity index (χ3n) is 3.36. The number of nitrogens with two attached hydrogens (primary N) is 1. The maximum atomic E-state index is 12.0. The van der Waals surface area contributed by atoms with E-state index in [1.54, 1.807) is 0 Å².